The van der Waals surface area contributed by atoms with Gasteiger partial charge in [-0.05, 0) is 61.3 Å². The highest BCUT2D eigenvalue weighted by atomic mass is 35.5. The molecule has 4 aromatic rings. The van der Waals surface area contributed by atoms with Crippen LogP contribution in [0.2, 0.25) is 0 Å². The number of carbonyl (C=O) groups is 1. The van der Waals surface area contributed by atoms with E-state index >= 15 is 0 Å². The number of carbonyl (C=O) groups excluding carboxylic acids is 1. The normalized spacial score (nSPS) is 13.3. The highest BCUT2D eigenvalue weighted by Crippen LogP contribution is 2.35. The van der Waals surface area contributed by atoms with E-state index in [1.165, 1.54) is 22.0 Å². The summed E-state index contributed by atoms with van der Waals surface area (Å²) in [5.74, 6) is 1.05. The maximum absolute atomic E-state index is 12.7. The molecule has 1 aliphatic heterocycles. The number of ether oxygens (including phenoxy) is 2. The van der Waals surface area contributed by atoms with Crippen molar-refractivity contribution < 1.29 is 14.3 Å². The third-order valence-electron chi connectivity index (χ3n) is 7.56. The fourth-order valence-corrected chi connectivity index (χ4v) is 6.42. The van der Waals surface area contributed by atoms with Crippen LogP contribution in [-0.2, 0) is 13.5 Å². The number of hydrogen-bond acceptors (Lipinski definition) is 6. The minimum Gasteiger partial charge on any atom is -0.497 e. The van der Waals surface area contributed by atoms with Gasteiger partial charge in [0.05, 0.1) is 19.8 Å². The summed E-state index contributed by atoms with van der Waals surface area (Å²) in [6.45, 7) is 2.72. The van der Waals surface area contributed by atoms with Crippen LogP contribution >= 0.6 is 36.6 Å². The lowest BCUT2D eigenvalue weighted by Crippen LogP contribution is -2.35. The number of nitrogens with zero attached hydrogens (tertiary/aromatic N) is 3. The molecular formula is C32H40Cl2N4O3S. The van der Waals surface area contributed by atoms with Gasteiger partial charge in [-0.1, -0.05) is 42.1 Å². The molecule has 0 radical (unpaired) electrons. The Morgan fingerprint density at radius 2 is 1.81 bits per heavy atom. The number of halogens is 2. The van der Waals surface area contributed by atoms with Gasteiger partial charge in [0, 0.05) is 61.5 Å². The summed E-state index contributed by atoms with van der Waals surface area (Å²) in [5, 5.41) is 7.35. The average molecular weight is 632 g/mol. The molecule has 1 aromatic heterocycles. The van der Waals surface area contributed by atoms with Crippen molar-refractivity contribution in [3.05, 3.63) is 78.1 Å². The quantitative estimate of drug-likeness (QED) is 0.181. The first-order valence-electron chi connectivity index (χ1n) is 14.0. The van der Waals surface area contributed by atoms with E-state index in [9.17, 15) is 4.79 Å². The van der Waals surface area contributed by atoms with Gasteiger partial charge in [-0.15, -0.1) is 24.8 Å². The van der Waals surface area contributed by atoms with Crippen LogP contribution in [0.4, 0.5) is 5.69 Å². The first-order valence-corrected chi connectivity index (χ1v) is 14.8. The molecular weight excluding hydrogens is 591 g/mol. The molecule has 0 bridgehead atoms. The zero-order valence-electron chi connectivity index (χ0n) is 24.4. The van der Waals surface area contributed by atoms with Crippen molar-refractivity contribution in [2.45, 2.75) is 42.5 Å². The summed E-state index contributed by atoms with van der Waals surface area (Å²) >= 11 is 1.90. The van der Waals surface area contributed by atoms with Gasteiger partial charge in [0.1, 0.15) is 11.5 Å². The summed E-state index contributed by atoms with van der Waals surface area (Å²) < 4.78 is 12.7. The number of rotatable bonds is 11. The second-order valence-corrected chi connectivity index (χ2v) is 11.5. The topological polar surface area (TPSA) is 68.6 Å². The second-order valence-electron chi connectivity index (χ2n) is 10.2. The van der Waals surface area contributed by atoms with E-state index in [4.69, 9.17) is 9.47 Å². The third-order valence-corrected chi connectivity index (χ3v) is 8.97. The Hall–Kier alpha value is -3.07. The number of benzene rings is 3. The number of amides is 1. The molecule has 0 aliphatic carbocycles. The second kappa shape index (κ2) is 16.0. The standard InChI is InChI=1S/C32H38N4O3S.2ClH/c1-35-19-16-34-32(35)40-26-13-17-36(18-14-26)29-21-23(20-24-9-4-5-10-27(24)29)8-6-7-15-33-31(37)28-12-11-25(38-2)22-30(28)39-3;;/h4-5,9-12,16,19-22,26H,6-8,13-15,17-18H2,1-3H3,(H,33,37);2*1H. The Morgan fingerprint density at radius 3 is 2.52 bits per heavy atom. The van der Waals surface area contributed by atoms with Gasteiger partial charge in [-0.3, -0.25) is 4.79 Å². The van der Waals surface area contributed by atoms with E-state index in [1.807, 2.05) is 24.2 Å². The molecule has 7 nitrogen and oxygen atoms in total. The average Bonchev–Trinajstić information content (AvgIpc) is 3.40. The van der Waals surface area contributed by atoms with Gasteiger partial charge in [-0.25, -0.2) is 4.98 Å². The Bertz CT molecular complexity index is 1460. The molecule has 1 amide bonds. The maximum Gasteiger partial charge on any atom is 0.255 e. The van der Waals surface area contributed by atoms with Crippen LogP contribution in [0.1, 0.15) is 41.6 Å². The van der Waals surface area contributed by atoms with Crippen molar-refractivity contribution in [3.63, 3.8) is 0 Å². The van der Waals surface area contributed by atoms with Crippen molar-refractivity contribution in [1.29, 1.82) is 0 Å². The van der Waals surface area contributed by atoms with Gasteiger partial charge >= 0.3 is 0 Å². The van der Waals surface area contributed by atoms with Crippen LogP contribution in [0.15, 0.2) is 72.1 Å². The zero-order valence-corrected chi connectivity index (χ0v) is 26.8. The minimum absolute atomic E-state index is 0. The molecule has 226 valence electrons. The van der Waals surface area contributed by atoms with E-state index in [0.29, 0.717) is 28.9 Å². The molecule has 1 N–H and O–H groups in total. The van der Waals surface area contributed by atoms with Gasteiger partial charge in [-0.2, -0.15) is 0 Å². The van der Waals surface area contributed by atoms with Gasteiger partial charge in [0.15, 0.2) is 5.16 Å². The van der Waals surface area contributed by atoms with Crippen molar-refractivity contribution in [1.82, 2.24) is 14.9 Å². The van der Waals surface area contributed by atoms with Crippen molar-refractivity contribution in [2.75, 3.05) is 38.8 Å². The van der Waals surface area contributed by atoms with Gasteiger partial charge < -0.3 is 24.3 Å². The molecule has 1 fully saturated rings. The highest BCUT2D eigenvalue weighted by Gasteiger charge is 2.23. The fraction of sp³-hybridized carbons (Fsp3) is 0.375. The lowest BCUT2D eigenvalue weighted by Gasteiger charge is -2.34. The van der Waals surface area contributed by atoms with Crippen LogP contribution in [0.25, 0.3) is 10.8 Å². The number of nitrogens with one attached hydrogen (secondary N) is 1. The molecule has 0 spiro atoms. The van der Waals surface area contributed by atoms with E-state index in [-0.39, 0.29) is 30.7 Å². The highest BCUT2D eigenvalue weighted by molar-refractivity contribution is 7.99. The molecule has 10 heteroatoms. The molecule has 42 heavy (non-hydrogen) atoms. The number of imidazole rings is 1. The van der Waals surface area contributed by atoms with Gasteiger partial charge in [0.25, 0.3) is 5.91 Å². The van der Waals surface area contributed by atoms with Crippen LogP contribution < -0.4 is 19.7 Å². The number of unbranched alkanes of at least 4 members (excludes halogenated alkanes) is 1. The molecule has 5 rings (SSSR count). The van der Waals surface area contributed by atoms with E-state index < -0.39 is 0 Å². The van der Waals surface area contributed by atoms with Crippen LogP contribution in [0.3, 0.4) is 0 Å². The zero-order chi connectivity index (χ0) is 27.9. The Kier molecular flexibility index (Phi) is 12.7. The number of anilines is 1. The predicted molar refractivity (Wildman–Crippen MR) is 178 cm³/mol. The predicted octanol–water partition coefficient (Wildman–Crippen LogP) is 6.95. The Balaban J connectivity index is 0.00000242. The van der Waals surface area contributed by atoms with Crippen molar-refractivity contribution >= 4 is 58.9 Å². The van der Waals surface area contributed by atoms with E-state index in [2.05, 4.69) is 63.2 Å². The first-order chi connectivity index (χ1) is 19.6. The minimum atomic E-state index is -0.128. The molecule has 0 unspecified atom stereocenters. The molecule has 2 heterocycles. The van der Waals surface area contributed by atoms with Crippen LogP contribution in [-0.4, -0.2) is 54.6 Å². The van der Waals surface area contributed by atoms with E-state index in [0.717, 1.165) is 50.4 Å². The number of fused-ring (bicyclic) bond motifs is 1. The molecule has 1 saturated heterocycles. The van der Waals surface area contributed by atoms with Crippen molar-refractivity contribution in [3.8, 4) is 11.5 Å². The molecule has 3 aromatic carbocycles. The van der Waals surface area contributed by atoms with Crippen LogP contribution in [0, 0.1) is 0 Å². The lowest BCUT2D eigenvalue weighted by atomic mass is 9.99. The maximum atomic E-state index is 12.7. The SMILES string of the molecule is COc1ccc(C(=O)NCCCCc2cc(N3CCC(Sc4nccn4C)CC3)c3ccccc3c2)c(OC)c1.Cl.Cl. The smallest absolute Gasteiger partial charge is 0.255 e. The molecule has 0 atom stereocenters. The number of methoxy groups -OCH3 is 2. The monoisotopic (exact) mass is 630 g/mol. The summed E-state index contributed by atoms with van der Waals surface area (Å²) in [6, 6.07) is 18.7. The number of thioether (sulfide) groups is 1. The molecule has 0 saturated carbocycles. The largest absolute Gasteiger partial charge is 0.497 e. The molecule has 1 aliphatic rings. The van der Waals surface area contributed by atoms with Gasteiger partial charge in [0.2, 0.25) is 0 Å². The summed E-state index contributed by atoms with van der Waals surface area (Å²) in [7, 11) is 5.22. The summed E-state index contributed by atoms with van der Waals surface area (Å²) in [6.07, 6.45) is 9.07. The lowest BCUT2D eigenvalue weighted by molar-refractivity contribution is 0.0950. The number of piperidine rings is 1. The Labute approximate surface area is 265 Å². The first kappa shape index (κ1) is 33.4. The number of aromatic nitrogens is 2. The number of aryl methyl sites for hydroxylation is 2. The van der Waals surface area contributed by atoms with Crippen LogP contribution in [0.5, 0.6) is 11.5 Å². The fourth-order valence-electron chi connectivity index (χ4n) is 5.32. The van der Waals surface area contributed by atoms with E-state index in [1.54, 1.807) is 32.4 Å². The van der Waals surface area contributed by atoms with Crippen molar-refractivity contribution in [2.24, 2.45) is 7.05 Å². The summed E-state index contributed by atoms with van der Waals surface area (Å²) in [4.78, 5) is 19.8. The summed E-state index contributed by atoms with van der Waals surface area (Å²) in [5.41, 5.74) is 3.21. The number of hydrogen-bond donors (Lipinski definition) is 1. The Morgan fingerprint density at radius 1 is 1.02 bits per heavy atom. The third kappa shape index (κ3) is 8.06.